The van der Waals surface area contributed by atoms with Crippen LogP contribution in [0.5, 0.6) is 0 Å². The van der Waals surface area contributed by atoms with Gasteiger partial charge in [-0.1, -0.05) is 45.5 Å². The lowest BCUT2D eigenvalue weighted by atomic mass is 10.2. The van der Waals surface area contributed by atoms with Crippen molar-refractivity contribution in [1.29, 1.82) is 0 Å². The van der Waals surface area contributed by atoms with E-state index in [1.807, 2.05) is 43.3 Å². The summed E-state index contributed by atoms with van der Waals surface area (Å²) in [5.74, 6) is -0.0430. The Hall–Kier alpha value is -1.76. The summed E-state index contributed by atoms with van der Waals surface area (Å²) >= 11 is 5.01. The predicted molar refractivity (Wildman–Crippen MR) is 109 cm³/mol. The minimum atomic E-state index is -0.0430. The number of halogens is 1. The van der Waals surface area contributed by atoms with Gasteiger partial charge in [-0.25, -0.2) is 4.98 Å². The van der Waals surface area contributed by atoms with Gasteiger partial charge in [0.25, 0.3) is 5.91 Å². The number of aryl methyl sites for hydroxylation is 1. The average molecular weight is 431 g/mol. The molecule has 134 valence electrons. The van der Waals surface area contributed by atoms with E-state index in [1.165, 1.54) is 0 Å². The number of anilines is 1. The number of para-hydroxylation sites is 1. The third-order valence-corrected chi connectivity index (χ3v) is 6.10. The van der Waals surface area contributed by atoms with E-state index in [4.69, 9.17) is 9.72 Å². The van der Waals surface area contributed by atoms with E-state index in [0.29, 0.717) is 12.1 Å². The standard InChI is InChI=1S/C20H19BrN2O2S/c1-13-5-2-9-17-18(13)22-20(26-17)23(12-16-8-4-10-25-16)19(24)14-6-3-7-15(21)11-14/h2-3,5-7,9,11,16H,4,8,10,12H2,1H3. The number of ether oxygens (including phenoxy) is 1. The van der Waals surface area contributed by atoms with E-state index >= 15 is 0 Å². The first-order chi connectivity index (χ1) is 12.6. The fourth-order valence-electron chi connectivity index (χ4n) is 3.21. The van der Waals surface area contributed by atoms with Crippen LogP contribution in [0.1, 0.15) is 28.8 Å². The Morgan fingerprint density at radius 1 is 1.35 bits per heavy atom. The topological polar surface area (TPSA) is 42.4 Å². The zero-order valence-corrected chi connectivity index (χ0v) is 16.8. The van der Waals surface area contributed by atoms with Gasteiger partial charge in [-0.2, -0.15) is 0 Å². The number of nitrogens with zero attached hydrogens (tertiary/aromatic N) is 2. The van der Waals surface area contributed by atoms with Crippen LogP contribution in [0.4, 0.5) is 5.13 Å². The molecule has 1 aromatic heterocycles. The Morgan fingerprint density at radius 3 is 2.92 bits per heavy atom. The Kier molecular flexibility index (Phi) is 5.07. The summed E-state index contributed by atoms with van der Waals surface area (Å²) in [4.78, 5) is 19.8. The summed E-state index contributed by atoms with van der Waals surface area (Å²) in [5.41, 5.74) is 2.73. The third-order valence-electron chi connectivity index (χ3n) is 4.57. The van der Waals surface area contributed by atoms with Gasteiger partial charge in [-0.15, -0.1) is 0 Å². The van der Waals surface area contributed by atoms with E-state index in [1.54, 1.807) is 16.2 Å². The summed E-state index contributed by atoms with van der Waals surface area (Å²) in [6.45, 7) is 3.35. The highest BCUT2D eigenvalue weighted by atomic mass is 79.9. The van der Waals surface area contributed by atoms with Gasteiger partial charge in [-0.05, 0) is 49.6 Å². The van der Waals surface area contributed by atoms with E-state index in [2.05, 4.69) is 22.0 Å². The van der Waals surface area contributed by atoms with Gasteiger partial charge < -0.3 is 4.74 Å². The molecule has 0 bridgehead atoms. The van der Waals surface area contributed by atoms with Crippen LogP contribution < -0.4 is 4.90 Å². The van der Waals surface area contributed by atoms with Crippen LogP contribution in [0, 0.1) is 6.92 Å². The molecule has 2 aromatic carbocycles. The summed E-state index contributed by atoms with van der Waals surface area (Å²) in [7, 11) is 0. The van der Waals surface area contributed by atoms with E-state index in [0.717, 1.165) is 44.8 Å². The monoisotopic (exact) mass is 430 g/mol. The lowest BCUT2D eigenvalue weighted by molar-refractivity contribution is 0.0917. The number of fused-ring (bicyclic) bond motifs is 1. The largest absolute Gasteiger partial charge is 0.376 e. The molecule has 4 rings (SSSR count). The quantitative estimate of drug-likeness (QED) is 0.571. The van der Waals surface area contributed by atoms with Crippen LogP contribution in [0.25, 0.3) is 10.2 Å². The molecule has 1 atom stereocenters. The van der Waals surface area contributed by atoms with Crippen molar-refractivity contribution in [3.63, 3.8) is 0 Å². The van der Waals surface area contributed by atoms with Crippen LogP contribution in [0.15, 0.2) is 46.9 Å². The SMILES string of the molecule is Cc1cccc2sc(N(CC3CCCO3)C(=O)c3cccc(Br)c3)nc12. The normalized spacial score (nSPS) is 16.9. The summed E-state index contributed by atoms with van der Waals surface area (Å²) in [6.07, 6.45) is 2.09. The second-order valence-electron chi connectivity index (χ2n) is 6.48. The Morgan fingerprint density at radius 2 is 2.19 bits per heavy atom. The lowest BCUT2D eigenvalue weighted by Crippen LogP contribution is -2.37. The third kappa shape index (κ3) is 3.54. The molecule has 1 unspecified atom stereocenters. The van der Waals surface area contributed by atoms with Gasteiger partial charge in [0.1, 0.15) is 0 Å². The highest BCUT2D eigenvalue weighted by Crippen LogP contribution is 2.32. The fourth-order valence-corrected chi connectivity index (χ4v) is 4.66. The van der Waals surface area contributed by atoms with Crippen molar-refractivity contribution < 1.29 is 9.53 Å². The van der Waals surface area contributed by atoms with Crippen LogP contribution in [0.3, 0.4) is 0 Å². The molecule has 1 saturated heterocycles. The van der Waals surface area contributed by atoms with Crippen LogP contribution >= 0.6 is 27.3 Å². The van der Waals surface area contributed by atoms with Crippen molar-refractivity contribution >= 4 is 48.5 Å². The van der Waals surface area contributed by atoms with Crippen molar-refractivity contribution in [2.75, 3.05) is 18.1 Å². The molecule has 3 aromatic rings. The number of carbonyl (C=O) groups excluding carboxylic acids is 1. The van der Waals surface area contributed by atoms with Crippen molar-refractivity contribution in [2.24, 2.45) is 0 Å². The van der Waals surface area contributed by atoms with Crippen molar-refractivity contribution in [2.45, 2.75) is 25.9 Å². The Labute approximate surface area is 164 Å². The number of hydrogen-bond donors (Lipinski definition) is 0. The summed E-state index contributed by atoms with van der Waals surface area (Å²) in [6, 6.07) is 13.6. The summed E-state index contributed by atoms with van der Waals surface area (Å²) < 4.78 is 7.77. The first-order valence-electron chi connectivity index (χ1n) is 8.67. The van der Waals surface area contributed by atoms with Crippen molar-refractivity contribution in [3.05, 3.63) is 58.1 Å². The second kappa shape index (κ2) is 7.47. The number of thiazole rings is 1. The number of aromatic nitrogens is 1. The molecule has 26 heavy (non-hydrogen) atoms. The molecule has 6 heteroatoms. The maximum absolute atomic E-state index is 13.3. The van der Waals surface area contributed by atoms with Gasteiger partial charge >= 0.3 is 0 Å². The predicted octanol–water partition coefficient (Wildman–Crippen LogP) is 5.19. The number of hydrogen-bond acceptors (Lipinski definition) is 4. The maximum Gasteiger partial charge on any atom is 0.260 e. The van der Waals surface area contributed by atoms with E-state index in [9.17, 15) is 4.79 Å². The highest BCUT2D eigenvalue weighted by molar-refractivity contribution is 9.10. The minimum absolute atomic E-state index is 0.0430. The number of carbonyl (C=O) groups is 1. The Balaban J connectivity index is 1.73. The first kappa shape index (κ1) is 17.6. The molecule has 0 aliphatic carbocycles. The summed E-state index contributed by atoms with van der Waals surface area (Å²) in [5, 5.41) is 0.731. The lowest BCUT2D eigenvalue weighted by Gasteiger charge is -2.23. The molecule has 0 radical (unpaired) electrons. The average Bonchev–Trinajstić information content (AvgIpc) is 3.29. The molecule has 1 aliphatic rings. The number of amides is 1. The highest BCUT2D eigenvalue weighted by Gasteiger charge is 2.27. The molecule has 0 saturated carbocycles. The van der Waals surface area contributed by atoms with Gasteiger partial charge in [0, 0.05) is 16.6 Å². The molecule has 2 heterocycles. The van der Waals surface area contributed by atoms with E-state index in [-0.39, 0.29) is 12.0 Å². The molecule has 4 nitrogen and oxygen atoms in total. The van der Waals surface area contributed by atoms with Crippen LogP contribution in [0.2, 0.25) is 0 Å². The fraction of sp³-hybridized carbons (Fsp3) is 0.300. The van der Waals surface area contributed by atoms with Gasteiger partial charge in [0.05, 0.1) is 22.9 Å². The molecular weight excluding hydrogens is 412 g/mol. The molecular formula is C20H19BrN2O2S. The molecule has 0 N–H and O–H groups in total. The van der Waals surface area contributed by atoms with Crippen LogP contribution in [-0.4, -0.2) is 30.1 Å². The number of benzene rings is 2. The molecule has 1 aliphatic heterocycles. The number of rotatable bonds is 4. The molecule has 1 fully saturated rings. The zero-order valence-electron chi connectivity index (χ0n) is 14.4. The minimum Gasteiger partial charge on any atom is -0.376 e. The van der Waals surface area contributed by atoms with E-state index < -0.39 is 0 Å². The van der Waals surface area contributed by atoms with Gasteiger partial charge in [-0.3, -0.25) is 9.69 Å². The van der Waals surface area contributed by atoms with Crippen molar-refractivity contribution in [3.8, 4) is 0 Å². The Bertz CT molecular complexity index is 950. The van der Waals surface area contributed by atoms with Gasteiger partial charge in [0.2, 0.25) is 0 Å². The van der Waals surface area contributed by atoms with Crippen molar-refractivity contribution in [1.82, 2.24) is 4.98 Å². The van der Waals surface area contributed by atoms with Gasteiger partial charge in [0.15, 0.2) is 5.13 Å². The maximum atomic E-state index is 13.3. The smallest absolute Gasteiger partial charge is 0.260 e. The zero-order chi connectivity index (χ0) is 18.1. The molecule has 0 spiro atoms. The first-order valence-corrected chi connectivity index (χ1v) is 10.3. The second-order valence-corrected chi connectivity index (χ2v) is 8.40. The molecule has 1 amide bonds. The van der Waals surface area contributed by atoms with Crippen LogP contribution in [-0.2, 0) is 4.74 Å².